The number of piperidine rings is 1. The molecule has 1 saturated heterocycles. The molecule has 156 valence electrons. The molecule has 0 unspecified atom stereocenters. The highest BCUT2D eigenvalue weighted by Gasteiger charge is 2.39. The summed E-state index contributed by atoms with van der Waals surface area (Å²) in [6, 6.07) is 17.0. The van der Waals surface area contributed by atoms with Gasteiger partial charge in [0.1, 0.15) is 5.60 Å². The molecule has 0 saturated carbocycles. The van der Waals surface area contributed by atoms with Crippen molar-refractivity contribution in [3.05, 3.63) is 65.7 Å². The van der Waals surface area contributed by atoms with E-state index in [1.54, 1.807) is 31.4 Å². The summed E-state index contributed by atoms with van der Waals surface area (Å²) in [6.45, 7) is 2.08. The van der Waals surface area contributed by atoms with Crippen LogP contribution < -0.4 is 16.0 Å². The molecule has 2 aromatic carbocycles. The van der Waals surface area contributed by atoms with Gasteiger partial charge in [-0.3, -0.25) is 9.59 Å². The van der Waals surface area contributed by atoms with Gasteiger partial charge in [-0.25, -0.2) is 0 Å². The summed E-state index contributed by atoms with van der Waals surface area (Å²) in [6.07, 6.45) is 2.06. The fourth-order valence-corrected chi connectivity index (χ4v) is 3.37. The third kappa shape index (κ3) is 6.03. The maximum atomic E-state index is 12.7. The molecule has 0 bridgehead atoms. The number of hydrogen-bond donors (Lipinski definition) is 3. The van der Waals surface area contributed by atoms with E-state index >= 15 is 0 Å². The van der Waals surface area contributed by atoms with Gasteiger partial charge >= 0.3 is 0 Å². The normalized spacial score (nSPS) is 15.1. The molecule has 3 N–H and O–H groups in total. The van der Waals surface area contributed by atoms with Gasteiger partial charge in [0, 0.05) is 24.9 Å². The van der Waals surface area contributed by atoms with Crippen LogP contribution in [0.5, 0.6) is 0 Å². The summed E-state index contributed by atoms with van der Waals surface area (Å²) < 4.78 is 5.54. The molecule has 29 heavy (non-hydrogen) atoms. The van der Waals surface area contributed by atoms with Gasteiger partial charge in [-0.05, 0) is 62.2 Å². The van der Waals surface area contributed by atoms with E-state index in [1.807, 2.05) is 30.3 Å². The van der Waals surface area contributed by atoms with Crippen LogP contribution in [0.2, 0.25) is 0 Å². The van der Waals surface area contributed by atoms with Crippen molar-refractivity contribution in [2.45, 2.75) is 24.9 Å². The van der Waals surface area contributed by atoms with Crippen molar-refractivity contribution >= 4 is 29.9 Å². The second-order valence-corrected chi connectivity index (χ2v) is 6.97. The van der Waals surface area contributed by atoms with Crippen LogP contribution in [0.25, 0.3) is 0 Å². The molecule has 0 radical (unpaired) electrons. The van der Waals surface area contributed by atoms with Crippen molar-refractivity contribution in [1.29, 1.82) is 0 Å². The Bertz CT molecular complexity index is 791. The highest BCUT2D eigenvalue weighted by molar-refractivity contribution is 5.98. The minimum Gasteiger partial charge on any atom is -0.368 e. The van der Waals surface area contributed by atoms with Crippen LogP contribution in [0, 0.1) is 0 Å². The second kappa shape index (κ2) is 11.0. The quantitative estimate of drug-likeness (QED) is 0.647. The average molecular weight is 418 g/mol. The Hall–Kier alpha value is -2.41. The lowest BCUT2D eigenvalue weighted by Gasteiger charge is -2.34. The van der Waals surface area contributed by atoms with E-state index in [2.05, 4.69) is 16.0 Å². The summed E-state index contributed by atoms with van der Waals surface area (Å²) >= 11 is 0. The zero-order valence-electron chi connectivity index (χ0n) is 16.6. The first kappa shape index (κ1) is 22.9. The summed E-state index contributed by atoms with van der Waals surface area (Å²) in [5, 5.41) is 9.07. The first-order chi connectivity index (χ1) is 13.6. The van der Waals surface area contributed by atoms with Gasteiger partial charge in [-0.1, -0.05) is 30.3 Å². The van der Waals surface area contributed by atoms with Gasteiger partial charge in [0.25, 0.3) is 11.8 Å². The highest BCUT2D eigenvalue weighted by atomic mass is 35.5. The molecule has 6 nitrogen and oxygen atoms in total. The molecule has 0 atom stereocenters. The summed E-state index contributed by atoms with van der Waals surface area (Å²) in [4.78, 5) is 25.0. The molecule has 2 amide bonds. The second-order valence-electron chi connectivity index (χ2n) is 6.97. The van der Waals surface area contributed by atoms with Crippen molar-refractivity contribution < 1.29 is 14.3 Å². The molecular weight excluding hydrogens is 390 g/mol. The summed E-state index contributed by atoms with van der Waals surface area (Å²) in [5.41, 5.74) is 1.61. The Morgan fingerprint density at radius 1 is 1.03 bits per heavy atom. The molecule has 1 aliphatic heterocycles. The predicted octanol–water partition coefficient (Wildman–Crippen LogP) is 2.79. The van der Waals surface area contributed by atoms with Crippen LogP contribution in [-0.4, -0.2) is 44.2 Å². The molecule has 1 aliphatic rings. The topological polar surface area (TPSA) is 79.5 Å². The fraction of sp³-hybridized carbons (Fsp3) is 0.364. The lowest BCUT2D eigenvalue weighted by molar-refractivity contribution is -0.140. The van der Waals surface area contributed by atoms with Crippen molar-refractivity contribution in [2.75, 3.05) is 32.1 Å². The van der Waals surface area contributed by atoms with Gasteiger partial charge in [0.2, 0.25) is 0 Å². The van der Waals surface area contributed by atoms with E-state index in [-0.39, 0.29) is 24.2 Å². The number of rotatable bonds is 7. The molecule has 3 rings (SSSR count). The van der Waals surface area contributed by atoms with Gasteiger partial charge in [0.15, 0.2) is 0 Å². The van der Waals surface area contributed by atoms with Crippen molar-refractivity contribution in [2.24, 2.45) is 0 Å². The molecule has 1 fully saturated rings. The molecule has 7 heteroatoms. The monoisotopic (exact) mass is 417 g/mol. The largest absolute Gasteiger partial charge is 0.368 e. The Morgan fingerprint density at radius 3 is 2.31 bits per heavy atom. The van der Waals surface area contributed by atoms with Crippen LogP contribution in [-0.2, 0) is 16.0 Å². The first-order valence-electron chi connectivity index (χ1n) is 9.62. The van der Waals surface area contributed by atoms with Crippen LogP contribution >= 0.6 is 12.4 Å². The Labute approximate surface area is 177 Å². The number of hydrogen-bond acceptors (Lipinski definition) is 4. The Balaban J connectivity index is 0.00000300. The first-order valence-corrected chi connectivity index (χ1v) is 9.62. The number of benzene rings is 2. The summed E-state index contributed by atoms with van der Waals surface area (Å²) in [7, 11) is 1.58. The van der Waals surface area contributed by atoms with Crippen LogP contribution in [0.4, 0.5) is 5.69 Å². The fourth-order valence-electron chi connectivity index (χ4n) is 3.37. The van der Waals surface area contributed by atoms with Crippen LogP contribution in [0.3, 0.4) is 0 Å². The number of halogens is 1. The average Bonchev–Trinajstić information content (AvgIpc) is 2.75. The smallest absolute Gasteiger partial charge is 0.256 e. The van der Waals surface area contributed by atoms with E-state index in [0.29, 0.717) is 30.6 Å². The van der Waals surface area contributed by atoms with Gasteiger partial charge < -0.3 is 20.7 Å². The standard InChI is InChI=1S/C22H27N3O3.ClH/c1-28-22(12-15-23-16-13-22)21(27)25-19-9-7-18(8-10-19)20(26)24-14-11-17-5-3-2-4-6-17;/h2-10,23H,11-16H2,1H3,(H,24,26)(H,25,27);1H. The maximum absolute atomic E-state index is 12.7. The van der Waals surface area contributed by atoms with Gasteiger partial charge in [-0.2, -0.15) is 0 Å². The van der Waals surface area contributed by atoms with E-state index in [1.165, 1.54) is 5.56 Å². The van der Waals surface area contributed by atoms with Gasteiger partial charge in [0.05, 0.1) is 0 Å². The summed E-state index contributed by atoms with van der Waals surface area (Å²) in [5.74, 6) is -0.267. The minimum absolute atomic E-state index is 0. The third-order valence-electron chi connectivity index (χ3n) is 5.16. The number of carbonyl (C=O) groups excluding carboxylic acids is 2. The number of anilines is 1. The Kier molecular flexibility index (Phi) is 8.64. The lowest BCUT2D eigenvalue weighted by atomic mass is 9.91. The highest BCUT2D eigenvalue weighted by Crippen LogP contribution is 2.24. The lowest BCUT2D eigenvalue weighted by Crippen LogP contribution is -2.51. The van der Waals surface area contributed by atoms with E-state index in [9.17, 15) is 9.59 Å². The molecule has 1 heterocycles. The zero-order valence-corrected chi connectivity index (χ0v) is 17.4. The van der Waals surface area contributed by atoms with Crippen molar-refractivity contribution in [3.8, 4) is 0 Å². The SMILES string of the molecule is COC1(C(=O)Nc2ccc(C(=O)NCCc3ccccc3)cc2)CCNCC1.Cl. The number of carbonyl (C=O) groups is 2. The molecular formula is C22H28ClN3O3. The number of nitrogens with one attached hydrogen (secondary N) is 3. The minimum atomic E-state index is -0.793. The van der Waals surface area contributed by atoms with E-state index < -0.39 is 5.60 Å². The molecule has 2 aromatic rings. The molecule has 0 aliphatic carbocycles. The van der Waals surface area contributed by atoms with Gasteiger partial charge in [-0.15, -0.1) is 12.4 Å². The molecule has 0 aromatic heterocycles. The van der Waals surface area contributed by atoms with Crippen LogP contribution in [0.1, 0.15) is 28.8 Å². The zero-order chi connectivity index (χ0) is 19.8. The van der Waals surface area contributed by atoms with E-state index in [0.717, 1.165) is 19.5 Å². The molecule has 0 spiro atoms. The number of ether oxygens (including phenoxy) is 1. The predicted molar refractivity (Wildman–Crippen MR) is 117 cm³/mol. The Morgan fingerprint density at radius 2 is 1.69 bits per heavy atom. The third-order valence-corrected chi connectivity index (χ3v) is 5.16. The van der Waals surface area contributed by atoms with Crippen molar-refractivity contribution in [1.82, 2.24) is 10.6 Å². The number of methoxy groups -OCH3 is 1. The van der Waals surface area contributed by atoms with E-state index in [4.69, 9.17) is 4.74 Å². The number of amides is 2. The van der Waals surface area contributed by atoms with Crippen molar-refractivity contribution in [3.63, 3.8) is 0 Å². The van der Waals surface area contributed by atoms with Crippen LogP contribution in [0.15, 0.2) is 54.6 Å². The maximum Gasteiger partial charge on any atom is 0.256 e.